The number of quaternary nitrogens is 1. The molecule has 2 bridgehead atoms. The number of rotatable bonds is 4. The fourth-order valence-corrected chi connectivity index (χ4v) is 4.57. The summed E-state index contributed by atoms with van der Waals surface area (Å²) in [6.07, 6.45) is 2.34. The number of para-hydroxylation sites is 1. The summed E-state index contributed by atoms with van der Waals surface area (Å²) in [6.45, 7) is 3.22. The van der Waals surface area contributed by atoms with Crippen molar-refractivity contribution in [1.29, 1.82) is 0 Å². The van der Waals surface area contributed by atoms with E-state index in [1.807, 2.05) is 13.1 Å². The van der Waals surface area contributed by atoms with E-state index >= 15 is 0 Å². The zero-order chi connectivity index (χ0) is 15.2. The van der Waals surface area contributed by atoms with E-state index in [2.05, 4.69) is 41.7 Å². The van der Waals surface area contributed by atoms with Gasteiger partial charge in [-0.3, -0.25) is 4.48 Å². The van der Waals surface area contributed by atoms with Gasteiger partial charge in [0.15, 0.2) is 0 Å². The van der Waals surface area contributed by atoms with Crippen LogP contribution in [0, 0.1) is 0 Å². The largest absolute Gasteiger partial charge is 0.665 e. The van der Waals surface area contributed by atoms with E-state index in [0.717, 1.165) is 29.0 Å². The summed E-state index contributed by atoms with van der Waals surface area (Å²) in [6, 6.07) is 15.5. The quantitative estimate of drug-likeness (QED) is 0.543. The molecule has 2 unspecified atom stereocenters. The SMILES string of the molecule is C[N-]CCC[N+]12CCC(c3ccccc31)c1ccc(Cl)cc12. The predicted octanol–water partition coefficient (Wildman–Crippen LogP) is 5.22. The van der Waals surface area contributed by atoms with Crippen molar-refractivity contribution in [2.45, 2.75) is 18.8 Å². The highest BCUT2D eigenvalue weighted by Crippen LogP contribution is 2.56. The van der Waals surface area contributed by atoms with Crippen LogP contribution in [0.1, 0.15) is 29.9 Å². The molecule has 0 N–H and O–H groups in total. The van der Waals surface area contributed by atoms with Crippen LogP contribution in [0.2, 0.25) is 5.02 Å². The first kappa shape index (κ1) is 14.3. The van der Waals surface area contributed by atoms with Crippen LogP contribution >= 0.6 is 11.6 Å². The molecule has 2 nitrogen and oxygen atoms in total. The van der Waals surface area contributed by atoms with E-state index in [-0.39, 0.29) is 0 Å². The standard InChI is InChI=1S/C19H21ClN2/c1-21-10-4-11-22-12-9-15(16-5-2-3-6-18(16)22)17-8-7-14(20)13-19(17)22/h2-3,5-8,13,15H,4,9-12H2,1H3. The fraction of sp³-hybridized carbons (Fsp3) is 0.368. The summed E-state index contributed by atoms with van der Waals surface area (Å²) in [5.41, 5.74) is 5.88. The molecule has 0 saturated carbocycles. The minimum Gasteiger partial charge on any atom is -0.665 e. The van der Waals surface area contributed by atoms with E-state index < -0.39 is 0 Å². The molecule has 0 spiro atoms. The lowest BCUT2D eigenvalue weighted by molar-refractivity contribution is 0.317. The Morgan fingerprint density at radius 2 is 1.95 bits per heavy atom. The smallest absolute Gasteiger partial charge is 0.143 e. The van der Waals surface area contributed by atoms with Crippen LogP contribution in [0.25, 0.3) is 5.32 Å². The maximum atomic E-state index is 6.34. The number of hydrogen-bond acceptors (Lipinski definition) is 0. The Labute approximate surface area is 137 Å². The molecule has 3 aliphatic heterocycles. The molecule has 0 amide bonds. The van der Waals surface area contributed by atoms with E-state index in [0.29, 0.717) is 5.92 Å². The van der Waals surface area contributed by atoms with Crippen LogP contribution < -0.4 is 4.48 Å². The first-order chi connectivity index (χ1) is 10.8. The van der Waals surface area contributed by atoms with E-state index in [1.165, 1.54) is 35.5 Å². The van der Waals surface area contributed by atoms with Crippen molar-refractivity contribution in [3.63, 3.8) is 0 Å². The second-order valence-electron chi connectivity index (χ2n) is 6.41. The van der Waals surface area contributed by atoms with Gasteiger partial charge in [-0.1, -0.05) is 35.9 Å². The van der Waals surface area contributed by atoms with Gasteiger partial charge in [-0.2, -0.15) is 7.05 Å². The Bertz CT molecular complexity index is 712. The summed E-state index contributed by atoms with van der Waals surface area (Å²) in [5.74, 6) is 0.541. The van der Waals surface area contributed by atoms with Crippen LogP contribution in [0.15, 0.2) is 42.5 Å². The molecule has 0 radical (unpaired) electrons. The lowest BCUT2D eigenvalue weighted by Gasteiger charge is -2.50. The molecule has 0 aromatic heterocycles. The molecule has 3 heterocycles. The minimum absolute atomic E-state index is 0.541. The summed E-state index contributed by atoms with van der Waals surface area (Å²) < 4.78 is 0.956. The highest BCUT2D eigenvalue weighted by atomic mass is 35.5. The average molecular weight is 313 g/mol. The molecule has 2 aromatic carbocycles. The molecule has 0 fully saturated rings. The molecule has 2 atom stereocenters. The van der Waals surface area contributed by atoms with E-state index in [1.54, 1.807) is 0 Å². The van der Waals surface area contributed by atoms with Gasteiger partial charge in [0, 0.05) is 34.6 Å². The van der Waals surface area contributed by atoms with E-state index in [4.69, 9.17) is 11.6 Å². The van der Waals surface area contributed by atoms with Gasteiger partial charge >= 0.3 is 0 Å². The summed E-state index contributed by atoms with van der Waals surface area (Å²) in [5, 5.41) is 5.14. The van der Waals surface area contributed by atoms with E-state index in [9.17, 15) is 0 Å². The van der Waals surface area contributed by atoms with Gasteiger partial charge in [0.1, 0.15) is 11.4 Å². The van der Waals surface area contributed by atoms with Crippen molar-refractivity contribution in [2.24, 2.45) is 0 Å². The Kier molecular flexibility index (Phi) is 3.48. The molecule has 0 aliphatic carbocycles. The number of nitrogens with zero attached hydrogens (tertiary/aromatic N) is 2. The van der Waals surface area contributed by atoms with Gasteiger partial charge in [0.05, 0.1) is 13.1 Å². The maximum absolute atomic E-state index is 6.34. The van der Waals surface area contributed by atoms with Gasteiger partial charge in [-0.15, -0.1) is 6.54 Å². The average Bonchev–Trinajstić information content (AvgIpc) is 2.56. The minimum atomic E-state index is 0.541. The molecule has 2 aromatic rings. The van der Waals surface area contributed by atoms with Crippen molar-refractivity contribution in [1.82, 2.24) is 4.48 Å². The van der Waals surface area contributed by atoms with Gasteiger partial charge in [-0.05, 0) is 18.6 Å². The number of hydrogen-bond donors (Lipinski definition) is 0. The fourth-order valence-electron chi connectivity index (χ4n) is 4.40. The number of fused-ring (bicyclic) bond motifs is 1. The third kappa shape index (κ3) is 1.95. The Morgan fingerprint density at radius 1 is 1.14 bits per heavy atom. The monoisotopic (exact) mass is 312 g/mol. The Balaban J connectivity index is 1.90. The second kappa shape index (κ2) is 5.38. The highest BCUT2D eigenvalue weighted by molar-refractivity contribution is 6.30. The van der Waals surface area contributed by atoms with Crippen LogP contribution in [0.4, 0.5) is 11.4 Å². The van der Waals surface area contributed by atoms with Crippen molar-refractivity contribution in [3.8, 4) is 0 Å². The van der Waals surface area contributed by atoms with Crippen molar-refractivity contribution < 1.29 is 0 Å². The Hall–Kier alpha value is -1.35. The normalized spacial score (nSPS) is 24.9. The maximum Gasteiger partial charge on any atom is 0.143 e. The third-order valence-electron chi connectivity index (χ3n) is 5.32. The van der Waals surface area contributed by atoms with Gasteiger partial charge in [0.2, 0.25) is 0 Å². The topological polar surface area (TPSA) is 14.1 Å². The summed E-state index contributed by atoms with van der Waals surface area (Å²) in [4.78, 5) is 0. The Morgan fingerprint density at radius 3 is 2.82 bits per heavy atom. The zero-order valence-corrected chi connectivity index (χ0v) is 13.7. The molecule has 22 heavy (non-hydrogen) atoms. The van der Waals surface area contributed by atoms with Crippen molar-refractivity contribution in [2.75, 3.05) is 26.7 Å². The first-order valence-corrected chi connectivity index (χ1v) is 8.46. The number of halogens is 1. The molecule has 5 rings (SSSR count). The van der Waals surface area contributed by atoms with Gasteiger partial charge in [-0.25, -0.2) is 0 Å². The third-order valence-corrected chi connectivity index (χ3v) is 5.56. The summed E-state index contributed by atoms with van der Waals surface area (Å²) in [7, 11) is 1.90. The van der Waals surface area contributed by atoms with Crippen LogP contribution in [0.5, 0.6) is 0 Å². The highest BCUT2D eigenvalue weighted by Gasteiger charge is 2.48. The predicted molar refractivity (Wildman–Crippen MR) is 94.3 cm³/mol. The molecular formula is C19H21ClN2. The second-order valence-corrected chi connectivity index (χ2v) is 6.85. The molecule has 3 heteroatoms. The molecule has 3 aliphatic rings. The van der Waals surface area contributed by atoms with Crippen LogP contribution in [-0.2, 0) is 0 Å². The summed E-state index contributed by atoms with van der Waals surface area (Å²) >= 11 is 6.34. The van der Waals surface area contributed by atoms with Gasteiger partial charge < -0.3 is 5.32 Å². The molecule has 0 saturated heterocycles. The van der Waals surface area contributed by atoms with Gasteiger partial charge in [0.25, 0.3) is 0 Å². The first-order valence-electron chi connectivity index (χ1n) is 8.08. The molecular weight excluding hydrogens is 292 g/mol. The van der Waals surface area contributed by atoms with Crippen molar-refractivity contribution in [3.05, 3.63) is 63.9 Å². The lowest BCUT2D eigenvalue weighted by Crippen LogP contribution is -2.53. The van der Waals surface area contributed by atoms with Crippen LogP contribution in [-0.4, -0.2) is 26.7 Å². The number of benzene rings is 2. The molecule has 114 valence electrons. The zero-order valence-electron chi connectivity index (χ0n) is 12.9. The lowest BCUT2D eigenvalue weighted by atomic mass is 9.76. The van der Waals surface area contributed by atoms with Crippen LogP contribution in [0.3, 0.4) is 0 Å². The van der Waals surface area contributed by atoms with Crippen molar-refractivity contribution >= 4 is 23.0 Å².